The lowest BCUT2D eigenvalue weighted by atomic mass is 10.2. The molecule has 0 spiro atoms. The molecule has 162 valence electrons. The van der Waals surface area contributed by atoms with Crippen LogP contribution in [0.4, 0.5) is 10.1 Å². The maximum absolute atomic E-state index is 13.2. The van der Waals surface area contributed by atoms with Gasteiger partial charge in [-0.3, -0.25) is 4.79 Å². The van der Waals surface area contributed by atoms with Crippen LogP contribution >= 0.6 is 23.2 Å². The first-order chi connectivity index (χ1) is 14.1. The normalized spacial score (nSPS) is 17.6. The van der Waals surface area contributed by atoms with Crippen molar-refractivity contribution in [2.45, 2.75) is 29.5 Å². The molecule has 2 aromatic carbocycles. The quantitative estimate of drug-likeness (QED) is 0.558. The van der Waals surface area contributed by atoms with E-state index in [1.807, 2.05) is 0 Å². The highest BCUT2D eigenvalue weighted by Gasteiger charge is 2.56. The molecule has 1 atom stereocenters. The van der Waals surface area contributed by atoms with Crippen LogP contribution in [0.1, 0.15) is 20.3 Å². The second-order valence-corrected chi connectivity index (χ2v) is 10.3. The molecule has 1 amide bonds. The lowest BCUT2D eigenvalue weighted by molar-refractivity contribution is -0.117. The lowest BCUT2D eigenvalue weighted by Gasteiger charge is -2.20. The van der Waals surface area contributed by atoms with Crippen molar-refractivity contribution in [1.29, 1.82) is 0 Å². The van der Waals surface area contributed by atoms with E-state index in [4.69, 9.17) is 27.9 Å². The summed E-state index contributed by atoms with van der Waals surface area (Å²) in [5.74, 6) is -0.958. The van der Waals surface area contributed by atoms with Crippen LogP contribution in [0.5, 0.6) is 11.5 Å². The Morgan fingerprint density at radius 2 is 1.80 bits per heavy atom. The van der Waals surface area contributed by atoms with Crippen LogP contribution in [-0.2, 0) is 14.8 Å². The number of halogens is 3. The van der Waals surface area contributed by atoms with E-state index < -0.39 is 32.0 Å². The van der Waals surface area contributed by atoms with Crippen LogP contribution in [0.25, 0.3) is 0 Å². The molecule has 1 aliphatic rings. The van der Waals surface area contributed by atoms with Crippen LogP contribution in [-0.4, -0.2) is 36.1 Å². The fourth-order valence-electron chi connectivity index (χ4n) is 2.92. The van der Waals surface area contributed by atoms with E-state index in [-0.39, 0.29) is 16.3 Å². The molecule has 3 rings (SSSR count). The topological polar surface area (TPSA) is 75.7 Å². The molecule has 1 fully saturated rings. The second kappa shape index (κ2) is 8.70. The zero-order valence-corrected chi connectivity index (χ0v) is 18.7. The first-order valence-corrected chi connectivity index (χ1v) is 11.5. The van der Waals surface area contributed by atoms with Gasteiger partial charge in [0.15, 0.2) is 5.75 Å². The zero-order valence-electron chi connectivity index (χ0n) is 16.4. The summed E-state index contributed by atoms with van der Waals surface area (Å²) in [5, 5.41) is 2.66. The number of carbonyl (C=O) groups is 1. The Balaban J connectivity index is 1.96. The minimum Gasteiger partial charge on any atom is -0.455 e. The van der Waals surface area contributed by atoms with Crippen molar-refractivity contribution in [3.8, 4) is 11.5 Å². The number of hydrogen-bond acceptors (Lipinski definition) is 4. The SMILES string of the molecule is CCN(CC)S(=O)(=O)c1ccc(Oc2ccc(F)cc2)c(NC(=O)C2CC2(Cl)Cl)c1. The Morgan fingerprint density at radius 3 is 2.33 bits per heavy atom. The maximum Gasteiger partial charge on any atom is 0.243 e. The molecule has 1 saturated carbocycles. The summed E-state index contributed by atoms with van der Waals surface area (Å²) in [4.78, 5) is 12.5. The first kappa shape index (κ1) is 22.8. The van der Waals surface area contributed by atoms with Gasteiger partial charge in [0.1, 0.15) is 15.9 Å². The molecule has 0 heterocycles. The lowest BCUT2D eigenvalue weighted by Crippen LogP contribution is -2.30. The Hall–Kier alpha value is -1.87. The molecule has 1 N–H and O–H groups in total. The average molecular weight is 475 g/mol. The standard InChI is InChI=1S/C20H21Cl2FN2O4S/c1-3-25(4-2)30(27,28)15-9-10-18(29-14-7-5-13(23)6-8-14)17(11-15)24-19(26)16-12-20(16,21)22/h5-11,16H,3-4,12H2,1-2H3,(H,24,26). The van der Waals surface area contributed by atoms with Crippen LogP contribution in [0, 0.1) is 11.7 Å². The largest absolute Gasteiger partial charge is 0.455 e. The smallest absolute Gasteiger partial charge is 0.243 e. The van der Waals surface area contributed by atoms with Crippen molar-refractivity contribution in [2.75, 3.05) is 18.4 Å². The van der Waals surface area contributed by atoms with Crippen molar-refractivity contribution in [1.82, 2.24) is 4.31 Å². The number of nitrogens with one attached hydrogen (secondary N) is 1. The van der Waals surface area contributed by atoms with Gasteiger partial charge < -0.3 is 10.1 Å². The van der Waals surface area contributed by atoms with Gasteiger partial charge in [-0.05, 0) is 48.9 Å². The minimum absolute atomic E-state index is 0.00626. The average Bonchev–Trinajstić information content (AvgIpc) is 3.34. The van der Waals surface area contributed by atoms with Crippen LogP contribution in [0.3, 0.4) is 0 Å². The number of hydrogen-bond donors (Lipinski definition) is 1. The summed E-state index contributed by atoms with van der Waals surface area (Å²) in [5.41, 5.74) is 0.147. The zero-order chi connectivity index (χ0) is 22.1. The maximum atomic E-state index is 13.2. The Morgan fingerprint density at radius 1 is 1.20 bits per heavy atom. The molecular weight excluding hydrogens is 454 g/mol. The fourth-order valence-corrected chi connectivity index (χ4v) is 4.91. The monoisotopic (exact) mass is 474 g/mol. The molecule has 0 radical (unpaired) electrons. The highest BCUT2D eigenvalue weighted by molar-refractivity contribution is 7.89. The Bertz CT molecular complexity index is 1040. The van der Waals surface area contributed by atoms with Gasteiger partial charge in [0, 0.05) is 13.1 Å². The number of sulfonamides is 1. The van der Waals surface area contributed by atoms with E-state index in [0.717, 1.165) is 0 Å². The summed E-state index contributed by atoms with van der Waals surface area (Å²) in [6, 6.07) is 9.47. The van der Waals surface area contributed by atoms with E-state index in [9.17, 15) is 17.6 Å². The molecule has 2 aromatic rings. The number of benzene rings is 2. The molecule has 6 nitrogen and oxygen atoms in total. The van der Waals surface area contributed by atoms with Crippen molar-refractivity contribution in [3.05, 3.63) is 48.3 Å². The van der Waals surface area contributed by atoms with Crippen molar-refractivity contribution < 1.29 is 22.3 Å². The molecule has 0 saturated heterocycles. The molecule has 30 heavy (non-hydrogen) atoms. The van der Waals surface area contributed by atoms with E-state index in [0.29, 0.717) is 25.3 Å². The molecule has 1 aliphatic carbocycles. The number of amides is 1. The summed E-state index contributed by atoms with van der Waals surface area (Å²) < 4.78 is 44.8. The predicted molar refractivity (Wildman–Crippen MR) is 114 cm³/mol. The van der Waals surface area contributed by atoms with E-state index in [2.05, 4.69) is 5.32 Å². The van der Waals surface area contributed by atoms with Crippen LogP contribution in [0.15, 0.2) is 47.4 Å². The van der Waals surface area contributed by atoms with Crippen LogP contribution in [0.2, 0.25) is 0 Å². The summed E-state index contributed by atoms with van der Waals surface area (Å²) in [6.07, 6.45) is 0.299. The first-order valence-electron chi connectivity index (χ1n) is 9.34. The van der Waals surface area contributed by atoms with E-state index in [1.165, 1.54) is 46.8 Å². The number of nitrogens with zero attached hydrogens (tertiary/aromatic N) is 1. The number of carbonyl (C=O) groups excluding carboxylic acids is 1. The number of ether oxygens (including phenoxy) is 1. The van der Waals surface area contributed by atoms with Gasteiger partial charge in [0.05, 0.1) is 16.5 Å². The third-order valence-electron chi connectivity index (χ3n) is 4.74. The van der Waals surface area contributed by atoms with Gasteiger partial charge in [-0.2, -0.15) is 4.31 Å². The summed E-state index contributed by atoms with van der Waals surface area (Å²) in [7, 11) is -3.76. The summed E-state index contributed by atoms with van der Waals surface area (Å²) >= 11 is 11.9. The highest BCUT2D eigenvalue weighted by Crippen LogP contribution is 2.53. The molecule has 0 bridgehead atoms. The fraction of sp³-hybridized carbons (Fsp3) is 0.350. The molecule has 0 aliphatic heterocycles. The van der Waals surface area contributed by atoms with Gasteiger partial charge in [0.25, 0.3) is 0 Å². The minimum atomic E-state index is -3.76. The van der Waals surface area contributed by atoms with Gasteiger partial charge in [-0.15, -0.1) is 23.2 Å². The Kier molecular flexibility index (Phi) is 6.62. The van der Waals surface area contributed by atoms with Gasteiger partial charge in [-0.25, -0.2) is 12.8 Å². The molecular formula is C20H21Cl2FN2O4S. The highest BCUT2D eigenvalue weighted by atomic mass is 35.5. The van der Waals surface area contributed by atoms with Gasteiger partial charge >= 0.3 is 0 Å². The number of anilines is 1. The van der Waals surface area contributed by atoms with Crippen molar-refractivity contribution >= 4 is 44.8 Å². The third kappa shape index (κ3) is 4.88. The number of alkyl halides is 2. The van der Waals surface area contributed by atoms with Gasteiger partial charge in [0.2, 0.25) is 15.9 Å². The third-order valence-corrected chi connectivity index (χ3v) is 7.62. The van der Waals surface area contributed by atoms with E-state index >= 15 is 0 Å². The second-order valence-electron chi connectivity index (χ2n) is 6.81. The summed E-state index contributed by atoms with van der Waals surface area (Å²) in [6.45, 7) is 4.08. The molecule has 1 unspecified atom stereocenters. The van der Waals surface area contributed by atoms with Crippen LogP contribution < -0.4 is 10.1 Å². The van der Waals surface area contributed by atoms with Gasteiger partial charge in [-0.1, -0.05) is 13.8 Å². The van der Waals surface area contributed by atoms with Crippen molar-refractivity contribution in [2.24, 2.45) is 5.92 Å². The molecule has 10 heteroatoms. The van der Waals surface area contributed by atoms with Crippen molar-refractivity contribution in [3.63, 3.8) is 0 Å². The molecule has 0 aromatic heterocycles. The van der Waals surface area contributed by atoms with E-state index in [1.54, 1.807) is 13.8 Å². The predicted octanol–water partition coefficient (Wildman–Crippen LogP) is 4.78. The number of rotatable bonds is 8. The Labute approximate surface area is 185 Å².